The van der Waals surface area contributed by atoms with Gasteiger partial charge < -0.3 is 10.1 Å². The number of alkyl halides is 3. The van der Waals surface area contributed by atoms with Gasteiger partial charge in [-0.2, -0.15) is 13.2 Å². The van der Waals surface area contributed by atoms with Crippen LogP contribution in [0.5, 0.6) is 0 Å². The molecule has 0 saturated heterocycles. The van der Waals surface area contributed by atoms with E-state index in [1.807, 2.05) is 0 Å². The molecule has 1 unspecified atom stereocenters. The number of cyclic esters (lactones) is 1. The van der Waals surface area contributed by atoms with E-state index in [4.69, 9.17) is 11.6 Å². The van der Waals surface area contributed by atoms with Crippen molar-refractivity contribution in [1.82, 2.24) is 10.3 Å². The fourth-order valence-electron chi connectivity index (χ4n) is 2.54. The van der Waals surface area contributed by atoms with Gasteiger partial charge in [0.25, 0.3) is 11.5 Å². The van der Waals surface area contributed by atoms with Crippen LogP contribution < -0.4 is 10.6 Å². The topological polar surface area (TPSA) is 80.3 Å². The molecule has 2 N–H and O–H groups in total. The molecular weight excluding hydrogens is 375 g/mol. The second-order valence-electron chi connectivity index (χ2n) is 5.43. The summed E-state index contributed by atoms with van der Waals surface area (Å²) in [5.41, 5.74) is -3.66. The van der Waals surface area contributed by atoms with Gasteiger partial charge in [-0.3, -0.25) is 15.1 Å². The second kappa shape index (κ2) is 6.49. The summed E-state index contributed by atoms with van der Waals surface area (Å²) in [6.45, 7) is -1.04. The highest BCUT2D eigenvalue weighted by Gasteiger charge is 2.62. The molecule has 1 atom stereocenters. The third-order valence-electron chi connectivity index (χ3n) is 3.77. The monoisotopic (exact) mass is 385 g/mol. The lowest BCUT2D eigenvalue weighted by molar-refractivity contribution is -0.261. The molecule has 1 aliphatic rings. The summed E-state index contributed by atoms with van der Waals surface area (Å²) < 4.78 is 46.4. The van der Waals surface area contributed by atoms with Crippen molar-refractivity contribution in [1.29, 1.82) is 0 Å². The highest BCUT2D eigenvalue weighted by atomic mass is 35.5. The summed E-state index contributed by atoms with van der Waals surface area (Å²) >= 11 is 5.82. The molecule has 2 amide bonds. The van der Waals surface area contributed by atoms with Gasteiger partial charge in [0.15, 0.2) is 0 Å². The van der Waals surface area contributed by atoms with Crippen LogP contribution in [0.3, 0.4) is 0 Å². The number of aromatic nitrogens is 1. The van der Waals surface area contributed by atoms with E-state index in [1.165, 1.54) is 30.5 Å². The first kappa shape index (κ1) is 18.0. The molecule has 0 aliphatic carbocycles. The van der Waals surface area contributed by atoms with E-state index in [1.54, 1.807) is 6.07 Å². The van der Waals surface area contributed by atoms with E-state index in [0.717, 1.165) is 6.07 Å². The van der Waals surface area contributed by atoms with Crippen LogP contribution in [0.4, 0.5) is 23.7 Å². The first-order chi connectivity index (χ1) is 12.2. The molecule has 26 heavy (non-hydrogen) atoms. The maximum Gasteiger partial charge on any atom is 0.434 e. The Morgan fingerprint density at radius 2 is 2.08 bits per heavy atom. The molecule has 0 spiro atoms. The zero-order chi connectivity index (χ0) is 18.9. The van der Waals surface area contributed by atoms with Crippen LogP contribution in [0.25, 0.3) is 0 Å². The van der Waals surface area contributed by atoms with Crippen LogP contribution in [0.2, 0.25) is 5.02 Å². The number of anilines is 1. The van der Waals surface area contributed by atoms with Gasteiger partial charge in [-0.15, -0.1) is 0 Å². The summed E-state index contributed by atoms with van der Waals surface area (Å²) in [7, 11) is 0. The number of hydrogen-bond acceptors (Lipinski definition) is 4. The van der Waals surface area contributed by atoms with Gasteiger partial charge in [-0.25, -0.2) is 4.79 Å². The quantitative estimate of drug-likeness (QED) is 0.847. The van der Waals surface area contributed by atoms with Crippen LogP contribution in [0, 0.1) is 0 Å². The number of hydrogen-bond donors (Lipinski definition) is 2. The number of rotatable bonds is 3. The number of fused-ring (bicyclic) bond motifs is 1. The van der Waals surface area contributed by atoms with E-state index in [9.17, 15) is 22.8 Å². The predicted molar refractivity (Wildman–Crippen MR) is 85.9 cm³/mol. The van der Waals surface area contributed by atoms with Gasteiger partial charge in [0.2, 0.25) is 0 Å². The Kier molecular flexibility index (Phi) is 4.49. The molecule has 136 valence electrons. The van der Waals surface area contributed by atoms with Crippen LogP contribution in [-0.2, 0) is 10.3 Å². The summed E-state index contributed by atoms with van der Waals surface area (Å²) in [6.07, 6.45) is -4.97. The third-order valence-corrected chi connectivity index (χ3v) is 4.01. The molecule has 1 aromatic heterocycles. The Hall–Kier alpha value is -2.81. The van der Waals surface area contributed by atoms with E-state index in [-0.39, 0.29) is 16.4 Å². The van der Waals surface area contributed by atoms with Gasteiger partial charge in [0, 0.05) is 16.8 Å². The van der Waals surface area contributed by atoms with Crippen molar-refractivity contribution in [2.24, 2.45) is 0 Å². The molecule has 0 bridgehead atoms. The maximum absolute atomic E-state index is 13.9. The van der Waals surface area contributed by atoms with Crippen LogP contribution in [0.1, 0.15) is 16.1 Å². The van der Waals surface area contributed by atoms with Crippen LogP contribution in [0.15, 0.2) is 42.6 Å². The van der Waals surface area contributed by atoms with Crippen molar-refractivity contribution in [3.05, 3.63) is 58.9 Å². The molecule has 0 saturated carbocycles. The molecule has 1 aromatic carbocycles. The number of amides is 2. The minimum absolute atomic E-state index is 0.0215. The van der Waals surface area contributed by atoms with Crippen molar-refractivity contribution in [2.75, 3.05) is 11.9 Å². The van der Waals surface area contributed by atoms with Gasteiger partial charge in [0.05, 0.1) is 12.2 Å². The minimum atomic E-state index is -5.01. The standard InChI is InChI=1S/C16H11ClF3N3O3/c17-9-4-5-11-10(7-9)15(16(18,19)20,26-14(25)23-11)8-22-13(24)12-3-1-2-6-21-12/h1-7H,8H2,(H,22,24)(H,23,25). The summed E-state index contributed by atoms with van der Waals surface area (Å²) in [5.74, 6) is -0.840. The molecule has 2 aromatic rings. The van der Waals surface area contributed by atoms with Gasteiger partial charge >= 0.3 is 12.3 Å². The van der Waals surface area contributed by atoms with E-state index < -0.39 is 35.9 Å². The molecule has 10 heteroatoms. The number of nitrogens with zero attached hydrogens (tertiary/aromatic N) is 1. The first-order valence-corrected chi connectivity index (χ1v) is 7.67. The minimum Gasteiger partial charge on any atom is -0.426 e. The van der Waals surface area contributed by atoms with E-state index in [0.29, 0.717) is 0 Å². The second-order valence-corrected chi connectivity index (χ2v) is 5.86. The molecule has 2 heterocycles. The number of ether oxygens (including phenoxy) is 1. The maximum atomic E-state index is 13.9. The first-order valence-electron chi connectivity index (χ1n) is 7.29. The Balaban J connectivity index is 2.00. The van der Waals surface area contributed by atoms with Gasteiger partial charge in [0.1, 0.15) is 5.69 Å². The summed E-state index contributed by atoms with van der Waals surface area (Å²) in [5, 5.41) is 4.34. The lowest BCUT2D eigenvalue weighted by Crippen LogP contribution is -2.56. The Morgan fingerprint density at radius 3 is 2.73 bits per heavy atom. The third kappa shape index (κ3) is 3.17. The zero-order valence-corrected chi connectivity index (χ0v) is 13.7. The zero-order valence-electron chi connectivity index (χ0n) is 12.9. The van der Waals surface area contributed by atoms with Crippen LogP contribution in [-0.4, -0.2) is 29.7 Å². The van der Waals surface area contributed by atoms with Crippen molar-refractivity contribution in [3.63, 3.8) is 0 Å². The molecule has 6 nitrogen and oxygen atoms in total. The Morgan fingerprint density at radius 1 is 1.31 bits per heavy atom. The van der Waals surface area contributed by atoms with Crippen LogP contribution >= 0.6 is 11.6 Å². The fourth-order valence-corrected chi connectivity index (χ4v) is 2.71. The van der Waals surface area contributed by atoms with E-state index >= 15 is 0 Å². The average molecular weight is 386 g/mol. The molecule has 0 radical (unpaired) electrons. The molecule has 1 aliphatic heterocycles. The highest BCUT2D eigenvalue weighted by molar-refractivity contribution is 6.30. The number of pyridine rings is 1. The fraction of sp³-hybridized carbons (Fsp3) is 0.188. The molecular formula is C16H11ClF3N3O3. The van der Waals surface area contributed by atoms with Crippen molar-refractivity contribution < 1.29 is 27.5 Å². The largest absolute Gasteiger partial charge is 0.434 e. The lowest BCUT2D eigenvalue weighted by atomic mass is 9.89. The van der Waals surface area contributed by atoms with Gasteiger partial charge in [-0.1, -0.05) is 17.7 Å². The summed E-state index contributed by atoms with van der Waals surface area (Å²) in [6, 6.07) is 8.02. The number of nitrogens with one attached hydrogen (secondary N) is 2. The van der Waals surface area contributed by atoms with E-state index in [2.05, 4.69) is 20.4 Å². The number of carbonyl (C=O) groups is 2. The molecule has 3 rings (SSSR count). The smallest absolute Gasteiger partial charge is 0.426 e. The summed E-state index contributed by atoms with van der Waals surface area (Å²) in [4.78, 5) is 27.6. The van der Waals surface area contributed by atoms with Gasteiger partial charge in [-0.05, 0) is 30.3 Å². The lowest BCUT2D eigenvalue weighted by Gasteiger charge is -2.39. The Labute approximate surface area is 150 Å². The highest BCUT2D eigenvalue weighted by Crippen LogP contribution is 2.47. The normalized spacial score (nSPS) is 19.2. The van der Waals surface area contributed by atoms with Crippen molar-refractivity contribution >= 4 is 29.3 Å². The number of carbonyl (C=O) groups excluding carboxylic acids is 2. The van der Waals surface area contributed by atoms with Crippen molar-refractivity contribution in [2.45, 2.75) is 11.8 Å². The SMILES string of the molecule is O=C1Nc2ccc(Cl)cc2C(CNC(=O)c2ccccn2)(C(F)(F)F)O1. The Bertz CT molecular complexity index is 861. The van der Waals surface area contributed by atoms with Crippen molar-refractivity contribution in [3.8, 4) is 0 Å². The predicted octanol–water partition coefficient (Wildman–Crippen LogP) is 3.48. The number of halogens is 4. The molecule has 0 fully saturated rings. The average Bonchev–Trinajstić information content (AvgIpc) is 2.59. The number of benzene rings is 1.